The summed E-state index contributed by atoms with van der Waals surface area (Å²) >= 11 is 1.64. The summed E-state index contributed by atoms with van der Waals surface area (Å²) in [5.41, 5.74) is 3.32. The molecule has 0 aromatic heterocycles. The summed E-state index contributed by atoms with van der Waals surface area (Å²) in [6.45, 7) is 0. The third-order valence-corrected chi connectivity index (χ3v) is 3.99. The number of benzene rings is 2. The van der Waals surface area contributed by atoms with E-state index in [1.807, 2.05) is 30.5 Å². The van der Waals surface area contributed by atoms with Gasteiger partial charge in [0.15, 0.2) is 0 Å². The molecule has 0 aliphatic rings. The highest BCUT2D eigenvalue weighted by Gasteiger charge is 2.08. The van der Waals surface area contributed by atoms with Crippen molar-refractivity contribution in [3.8, 4) is 0 Å². The van der Waals surface area contributed by atoms with E-state index in [-0.39, 0.29) is 24.4 Å². The second-order valence-corrected chi connectivity index (χ2v) is 5.97. The van der Waals surface area contributed by atoms with Crippen LogP contribution in [0.1, 0.15) is 18.4 Å². The topological polar surface area (TPSA) is 70.6 Å². The number of hydrazone groups is 1. The zero-order valence-corrected chi connectivity index (χ0v) is 14.5. The van der Waals surface area contributed by atoms with Crippen molar-refractivity contribution in [2.75, 3.05) is 11.6 Å². The number of nitrogens with one attached hydrogen (secondary N) is 2. The number of thioether (sulfide) groups is 1. The number of rotatable bonds is 7. The molecule has 2 aromatic carbocycles. The Bertz CT molecular complexity index is 763. The van der Waals surface area contributed by atoms with Crippen molar-refractivity contribution in [2.45, 2.75) is 17.7 Å². The molecule has 0 fully saturated rings. The average Bonchev–Trinajstić information content (AvgIpc) is 2.62. The van der Waals surface area contributed by atoms with Gasteiger partial charge in [-0.3, -0.25) is 9.59 Å². The maximum Gasteiger partial charge on any atom is 0.240 e. The van der Waals surface area contributed by atoms with E-state index in [4.69, 9.17) is 0 Å². The van der Waals surface area contributed by atoms with Crippen molar-refractivity contribution in [3.63, 3.8) is 0 Å². The molecule has 2 amide bonds. The van der Waals surface area contributed by atoms with Gasteiger partial charge in [0.25, 0.3) is 0 Å². The molecule has 2 N–H and O–H groups in total. The van der Waals surface area contributed by atoms with E-state index >= 15 is 0 Å². The van der Waals surface area contributed by atoms with Gasteiger partial charge in [-0.25, -0.2) is 9.82 Å². The van der Waals surface area contributed by atoms with Gasteiger partial charge in [0.05, 0.1) is 11.9 Å². The van der Waals surface area contributed by atoms with Gasteiger partial charge in [-0.05, 0) is 36.1 Å². The summed E-state index contributed by atoms with van der Waals surface area (Å²) in [6, 6.07) is 13.6. The van der Waals surface area contributed by atoms with E-state index in [2.05, 4.69) is 15.8 Å². The third-order valence-electron chi connectivity index (χ3n) is 3.25. The largest absolute Gasteiger partial charge is 0.324 e. The van der Waals surface area contributed by atoms with Gasteiger partial charge in [0, 0.05) is 17.7 Å². The van der Waals surface area contributed by atoms with Crippen molar-refractivity contribution in [3.05, 3.63) is 59.9 Å². The molecule has 0 aliphatic carbocycles. The predicted molar refractivity (Wildman–Crippen MR) is 98.2 cm³/mol. The predicted octanol–water partition coefficient (Wildman–Crippen LogP) is 3.42. The molecule has 0 heterocycles. The van der Waals surface area contributed by atoms with Crippen molar-refractivity contribution in [1.29, 1.82) is 0 Å². The number of hydrogen-bond donors (Lipinski definition) is 2. The van der Waals surface area contributed by atoms with E-state index < -0.39 is 11.7 Å². The molecular formula is C18H18FN3O2S. The number of halogens is 1. The second-order valence-electron chi connectivity index (χ2n) is 5.09. The minimum Gasteiger partial charge on any atom is -0.324 e. The lowest BCUT2D eigenvalue weighted by Gasteiger charge is -2.05. The molecule has 0 spiro atoms. The first-order chi connectivity index (χ1) is 12.1. The molecule has 25 heavy (non-hydrogen) atoms. The molecule has 130 valence electrons. The molecule has 0 bridgehead atoms. The Kier molecular flexibility index (Phi) is 7.16. The van der Waals surface area contributed by atoms with Crippen LogP contribution in [0.25, 0.3) is 0 Å². The van der Waals surface area contributed by atoms with Gasteiger partial charge in [-0.1, -0.05) is 24.3 Å². The molecule has 2 aromatic rings. The summed E-state index contributed by atoms with van der Waals surface area (Å²) < 4.78 is 13.4. The van der Waals surface area contributed by atoms with Gasteiger partial charge in [-0.2, -0.15) is 5.10 Å². The van der Waals surface area contributed by atoms with E-state index in [9.17, 15) is 14.0 Å². The minimum atomic E-state index is -0.516. The van der Waals surface area contributed by atoms with Gasteiger partial charge in [-0.15, -0.1) is 11.8 Å². The van der Waals surface area contributed by atoms with E-state index in [1.165, 1.54) is 24.4 Å². The first kappa shape index (κ1) is 18.7. The molecular weight excluding hydrogens is 341 g/mol. The van der Waals surface area contributed by atoms with Crippen LogP contribution in [0, 0.1) is 5.82 Å². The number of carbonyl (C=O) groups excluding carboxylic acids is 2. The summed E-state index contributed by atoms with van der Waals surface area (Å²) in [5.74, 6) is -1.34. The third kappa shape index (κ3) is 6.39. The maximum absolute atomic E-state index is 13.4. The Labute approximate surface area is 149 Å². The van der Waals surface area contributed by atoms with Crippen LogP contribution in [0.15, 0.2) is 58.5 Å². The highest BCUT2D eigenvalue weighted by atomic mass is 32.2. The number of nitrogens with zero attached hydrogens (tertiary/aromatic N) is 1. The fourth-order valence-electron chi connectivity index (χ4n) is 1.93. The molecule has 0 saturated heterocycles. The Morgan fingerprint density at radius 2 is 1.76 bits per heavy atom. The Hall–Kier alpha value is -2.67. The maximum atomic E-state index is 13.4. The van der Waals surface area contributed by atoms with Gasteiger partial charge in [0.1, 0.15) is 5.82 Å². The molecule has 0 unspecified atom stereocenters. The molecule has 0 saturated carbocycles. The lowest BCUT2D eigenvalue weighted by Crippen LogP contribution is -2.20. The lowest BCUT2D eigenvalue weighted by molar-refractivity contribution is -0.124. The smallest absolute Gasteiger partial charge is 0.240 e. The SMILES string of the molecule is CSc1ccc(C=NNC(=O)CCC(=O)Nc2ccccc2F)cc1. The number of carbonyl (C=O) groups is 2. The van der Waals surface area contributed by atoms with Gasteiger partial charge < -0.3 is 5.32 Å². The summed E-state index contributed by atoms with van der Waals surface area (Å²) in [7, 11) is 0. The molecule has 0 aliphatic heterocycles. The highest BCUT2D eigenvalue weighted by molar-refractivity contribution is 7.98. The molecule has 0 radical (unpaired) electrons. The minimum absolute atomic E-state index is 0.0387. The fourth-order valence-corrected chi connectivity index (χ4v) is 2.34. The number of anilines is 1. The Morgan fingerprint density at radius 1 is 1.08 bits per heavy atom. The highest BCUT2D eigenvalue weighted by Crippen LogP contribution is 2.14. The zero-order valence-electron chi connectivity index (χ0n) is 13.7. The van der Waals surface area contributed by atoms with Crippen molar-refractivity contribution in [1.82, 2.24) is 5.43 Å². The van der Waals surface area contributed by atoms with Crippen molar-refractivity contribution in [2.24, 2.45) is 5.10 Å². The van der Waals surface area contributed by atoms with Crippen molar-refractivity contribution < 1.29 is 14.0 Å². The molecule has 0 atom stereocenters. The first-order valence-electron chi connectivity index (χ1n) is 7.59. The van der Waals surface area contributed by atoms with Gasteiger partial charge >= 0.3 is 0 Å². The number of hydrogen-bond acceptors (Lipinski definition) is 4. The quantitative estimate of drug-likeness (QED) is 0.452. The Morgan fingerprint density at radius 3 is 2.44 bits per heavy atom. The second kappa shape index (κ2) is 9.58. The average molecular weight is 359 g/mol. The number of para-hydroxylation sites is 1. The van der Waals surface area contributed by atoms with Crippen LogP contribution < -0.4 is 10.7 Å². The van der Waals surface area contributed by atoms with Crippen LogP contribution in [-0.2, 0) is 9.59 Å². The summed E-state index contributed by atoms with van der Waals surface area (Å²) in [6.07, 6.45) is 3.42. The fraction of sp³-hybridized carbons (Fsp3) is 0.167. The molecule has 2 rings (SSSR count). The monoisotopic (exact) mass is 359 g/mol. The van der Waals surface area contributed by atoms with Crippen LogP contribution in [0.4, 0.5) is 10.1 Å². The number of amides is 2. The lowest BCUT2D eigenvalue weighted by atomic mass is 10.2. The van der Waals surface area contributed by atoms with Crippen LogP contribution in [0.3, 0.4) is 0 Å². The van der Waals surface area contributed by atoms with E-state index in [0.717, 1.165) is 10.5 Å². The zero-order chi connectivity index (χ0) is 18.1. The molecule has 5 nitrogen and oxygen atoms in total. The van der Waals surface area contributed by atoms with Crippen molar-refractivity contribution >= 4 is 35.5 Å². The summed E-state index contributed by atoms with van der Waals surface area (Å²) in [4.78, 5) is 24.5. The molecule has 7 heteroatoms. The van der Waals surface area contributed by atoms with Crippen LogP contribution in [0.5, 0.6) is 0 Å². The van der Waals surface area contributed by atoms with Crippen LogP contribution >= 0.6 is 11.8 Å². The first-order valence-corrected chi connectivity index (χ1v) is 8.81. The standard InChI is InChI=1S/C18H18FN3O2S/c1-25-14-8-6-13(7-9-14)12-20-22-18(24)11-10-17(23)21-16-5-3-2-4-15(16)19/h2-9,12H,10-11H2,1H3,(H,21,23)(H,22,24). The van der Waals surface area contributed by atoms with E-state index in [1.54, 1.807) is 17.8 Å². The summed E-state index contributed by atoms with van der Waals surface area (Å²) in [5, 5.41) is 6.27. The normalized spacial score (nSPS) is 10.6. The Balaban J connectivity index is 1.73. The van der Waals surface area contributed by atoms with Crippen LogP contribution in [0.2, 0.25) is 0 Å². The van der Waals surface area contributed by atoms with Crippen LogP contribution in [-0.4, -0.2) is 24.3 Å². The van der Waals surface area contributed by atoms with Gasteiger partial charge in [0.2, 0.25) is 11.8 Å². The van der Waals surface area contributed by atoms with E-state index in [0.29, 0.717) is 0 Å².